The zero-order valence-electron chi connectivity index (χ0n) is 16.6. The second kappa shape index (κ2) is 6.88. The van der Waals surface area contributed by atoms with Gasteiger partial charge < -0.3 is 14.2 Å². The van der Waals surface area contributed by atoms with Gasteiger partial charge in [0.25, 0.3) is 0 Å². The summed E-state index contributed by atoms with van der Waals surface area (Å²) in [5, 5.41) is 0. The van der Waals surface area contributed by atoms with Crippen molar-refractivity contribution in [3.05, 3.63) is 24.3 Å². The van der Waals surface area contributed by atoms with Crippen LogP contribution >= 0.6 is 0 Å². The second-order valence-electron chi connectivity index (χ2n) is 8.07. The number of hydrogen-bond donors (Lipinski definition) is 0. The Kier molecular flexibility index (Phi) is 5.18. The number of nitrogens with zero attached hydrogens (tertiary/aromatic N) is 2. The van der Waals surface area contributed by atoms with Gasteiger partial charge in [0.05, 0.1) is 16.1 Å². The Morgan fingerprint density at radius 1 is 0.963 bits per heavy atom. The van der Waals surface area contributed by atoms with Crippen LogP contribution in [0, 0.1) is 0 Å². The molecule has 2 saturated heterocycles. The number of benzene rings is 1. The molecule has 9 heteroatoms. The summed E-state index contributed by atoms with van der Waals surface area (Å²) in [5.74, 6) is -0.0289. The van der Waals surface area contributed by atoms with E-state index in [1.807, 2.05) is 27.7 Å². The van der Waals surface area contributed by atoms with Crippen LogP contribution in [0.1, 0.15) is 34.6 Å². The molecule has 7 nitrogen and oxygen atoms in total. The summed E-state index contributed by atoms with van der Waals surface area (Å²) in [7, 11) is -4.11. The van der Waals surface area contributed by atoms with Crippen molar-refractivity contribution in [3.8, 4) is 0 Å². The lowest BCUT2D eigenvalue weighted by Gasteiger charge is -2.33. The summed E-state index contributed by atoms with van der Waals surface area (Å²) in [6, 6.07) is 6.65. The Bertz CT molecular complexity index is 799. The molecule has 0 radical (unpaired) electrons. The number of carbonyl (C=O) groups excluding carboxylic acids is 1. The first-order valence-electron chi connectivity index (χ1n) is 9.15. The van der Waals surface area contributed by atoms with Gasteiger partial charge in [0.1, 0.15) is 0 Å². The van der Waals surface area contributed by atoms with E-state index in [9.17, 15) is 13.2 Å². The Labute approximate surface area is 161 Å². The molecule has 0 spiro atoms. The number of carbonyl (C=O) groups is 1. The molecule has 0 aliphatic carbocycles. The summed E-state index contributed by atoms with van der Waals surface area (Å²) in [6.07, 6.45) is 0. The zero-order chi connectivity index (χ0) is 20.0. The molecule has 2 fully saturated rings. The summed E-state index contributed by atoms with van der Waals surface area (Å²) in [5.41, 5.74) is -0.105. The average Bonchev–Trinajstić information content (AvgIpc) is 2.83. The standard InChI is InChI=1S/C18H27BN2O5S/c1-14(22)20-10-12-21(13-11-20)27(23,24)16-8-6-15(7-9-16)19-25-17(2,3)18(4,5)26-19/h6-9H,10-13H2,1-5H3. The van der Waals surface area contributed by atoms with E-state index < -0.39 is 28.3 Å². The number of rotatable bonds is 3. The van der Waals surface area contributed by atoms with Crippen molar-refractivity contribution in [2.24, 2.45) is 0 Å². The predicted octanol–water partition coefficient (Wildman–Crippen LogP) is 0.839. The molecule has 27 heavy (non-hydrogen) atoms. The Morgan fingerprint density at radius 3 is 1.89 bits per heavy atom. The summed E-state index contributed by atoms with van der Waals surface area (Å²) in [4.78, 5) is 13.3. The molecule has 1 amide bonds. The minimum atomic E-state index is -3.58. The third kappa shape index (κ3) is 3.78. The van der Waals surface area contributed by atoms with Gasteiger partial charge in [0, 0.05) is 33.1 Å². The number of hydrogen-bond acceptors (Lipinski definition) is 5. The van der Waals surface area contributed by atoms with Gasteiger partial charge in [-0.05, 0) is 45.3 Å². The van der Waals surface area contributed by atoms with Gasteiger partial charge in [0.15, 0.2) is 0 Å². The average molecular weight is 394 g/mol. The highest BCUT2D eigenvalue weighted by atomic mass is 32.2. The number of amides is 1. The minimum Gasteiger partial charge on any atom is -0.399 e. The monoisotopic (exact) mass is 394 g/mol. The van der Waals surface area contributed by atoms with E-state index in [1.54, 1.807) is 29.2 Å². The fraction of sp³-hybridized carbons (Fsp3) is 0.611. The second-order valence-corrected chi connectivity index (χ2v) is 10.0. The first kappa shape index (κ1) is 20.3. The fourth-order valence-electron chi connectivity index (χ4n) is 3.17. The molecule has 0 atom stereocenters. The van der Waals surface area contributed by atoms with Crippen LogP contribution in [0.2, 0.25) is 0 Å². The minimum absolute atomic E-state index is 0.0289. The van der Waals surface area contributed by atoms with Crippen molar-refractivity contribution in [1.82, 2.24) is 9.21 Å². The molecule has 0 bridgehead atoms. The third-order valence-corrected chi connectivity index (χ3v) is 7.64. The maximum atomic E-state index is 12.9. The van der Waals surface area contributed by atoms with Crippen LogP contribution < -0.4 is 5.46 Å². The molecule has 148 valence electrons. The Balaban J connectivity index is 1.73. The largest absolute Gasteiger partial charge is 0.494 e. The molecule has 2 aliphatic rings. The molecule has 3 rings (SSSR count). The highest BCUT2D eigenvalue weighted by molar-refractivity contribution is 7.89. The number of sulfonamides is 1. The van der Waals surface area contributed by atoms with Crippen molar-refractivity contribution < 1.29 is 22.5 Å². The van der Waals surface area contributed by atoms with Gasteiger partial charge in [-0.1, -0.05) is 12.1 Å². The lowest BCUT2D eigenvalue weighted by molar-refractivity contribution is -0.129. The van der Waals surface area contributed by atoms with Crippen LogP contribution in [0.3, 0.4) is 0 Å². The predicted molar refractivity (Wildman–Crippen MR) is 103 cm³/mol. The summed E-state index contributed by atoms with van der Waals surface area (Å²) in [6.45, 7) is 10.9. The van der Waals surface area contributed by atoms with E-state index in [0.717, 1.165) is 5.46 Å². The zero-order valence-corrected chi connectivity index (χ0v) is 17.4. The van der Waals surface area contributed by atoms with Gasteiger partial charge in [0.2, 0.25) is 15.9 Å². The van der Waals surface area contributed by atoms with Crippen molar-refractivity contribution >= 4 is 28.5 Å². The molecule has 0 unspecified atom stereocenters. The van der Waals surface area contributed by atoms with E-state index in [1.165, 1.54) is 11.2 Å². The molecule has 0 saturated carbocycles. The van der Waals surface area contributed by atoms with E-state index >= 15 is 0 Å². The molecule has 0 N–H and O–H groups in total. The number of piperazine rings is 1. The molecular weight excluding hydrogens is 367 g/mol. The molecular formula is C18H27BN2O5S. The Hall–Kier alpha value is -1.42. The van der Waals surface area contributed by atoms with E-state index in [4.69, 9.17) is 9.31 Å². The van der Waals surface area contributed by atoms with Gasteiger partial charge in [-0.15, -0.1) is 0 Å². The molecule has 1 aromatic carbocycles. The van der Waals surface area contributed by atoms with Crippen LogP contribution in [-0.2, 0) is 24.1 Å². The maximum absolute atomic E-state index is 12.9. The van der Waals surface area contributed by atoms with Crippen molar-refractivity contribution in [3.63, 3.8) is 0 Å². The smallest absolute Gasteiger partial charge is 0.399 e. The first-order chi connectivity index (χ1) is 12.4. The van der Waals surface area contributed by atoms with Crippen LogP contribution in [0.4, 0.5) is 0 Å². The highest BCUT2D eigenvalue weighted by Gasteiger charge is 2.51. The van der Waals surface area contributed by atoms with Gasteiger partial charge in [-0.25, -0.2) is 8.42 Å². The SMILES string of the molecule is CC(=O)N1CCN(S(=O)(=O)c2ccc(B3OC(C)(C)C(C)(C)O3)cc2)CC1. The van der Waals surface area contributed by atoms with Crippen molar-refractivity contribution in [2.75, 3.05) is 26.2 Å². The van der Waals surface area contributed by atoms with Crippen LogP contribution in [0.15, 0.2) is 29.2 Å². The lowest BCUT2D eigenvalue weighted by Crippen LogP contribution is -2.49. The molecule has 2 aliphatic heterocycles. The normalized spacial score (nSPS) is 22.9. The van der Waals surface area contributed by atoms with E-state index in [-0.39, 0.29) is 10.8 Å². The van der Waals surface area contributed by atoms with Gasteiger partial charge in [-0.3, -0.25) is 4.79 Å². The van der Waals surface area contributed by atoms with E-state index in [2.05, 4.69) is 0 Å². The van der Waals surface area contributed by atoms with Crippen molar-refractivity contribution in [2.45, 2.75) is 50.7 Å². The molecule has 0 aromatic heterocycles. The fourth-order valence-corrected chi connectivity index (χ4v) is 4.59. The van der Waals surface area contributed by atoms with Crippen LogP contribution in [-0.4, -0.2) is 68.0 Å². The topological polar surface area (TPSA) is 76.2 Å². The Morgan fingerprint density at radius 2 is 1.44 bits per heavy atom. The van der Waals surface area contributed by atoms with Crippen LogP contribution in [0.25, 0.3) is 0 Å². The van der Waals surface area contributed by atoms with Gasteiger partial charge >= 0.3 is 7.12 Å². The highest BCUT2D eigenvalue weighted by Crippen LogP contribution is 2.36. The first-order valence-corrected chi connectivity index (χ1v) is 10.6. The van der Waals surface area contributed by atoms with Crippen molar-refractivity contribution in [1.29, 1.82) is 0 Å². The maximum Gasteiger partial charge on any atom is 0.494 e. The summed E-state index contributed by atoms with van der Waals surface area (Å²) >= 11 is 0. The molecule has 1 aromatic rings. The summed E-state index contributed by atoms with van der Waals surface area (Å²) < 4.78 is 39.2. The molecule has 2 heterocycles. The third-order valence-electron chi connectivity index (χ3n) is 5.73. The van der Waals surface area contributed by atoms with Gasteiger partial charge in [-0.2, -0.15) is 4.31 Å². The lowest BCUT2D eigenvalue weighted by atomic mass is 9.79. The quantitative estimate of drug-likeness (QED) is 0.711. The van der Waals surface area contributed by atoms with Crippen LogP contribution in [0.5, 0.6) is 0 Å². The van der Waals surface area contributed by atoms with E-state index in [0.29, 0.717) is 26.2 Å².